The molecule has 0 radical (unpaired) electrons. The second kappa shape index (κ2) is 6.46. The summed E-state index contributed by atoms with van der Waals surface area (Å²) in [5, 5.41) is 5.03. The highest BCUT2D eigenvalue weighted by Gasteiger charge is 2.26. The summed E-state index contributed by atoms with van der Waals surface area (Å²) in [6.45, 7) is 3.19. The molecule has 2 heterocycles. The van der Waals surface area contributed by atoms with Crippen molar-refractivity contribution in [3.63, 3.8) is 0 Å². The van der Waals surface area contributed by atoms with Crippen LogP contribution in [0.5, 0.6) is 0 Å². The van der Waals surface area contributed by atoms with Crippen molar-refractivity contribution in [2.75, 3.05) is 6.54 Å². The summed E-state index contributed by atoms with van der Waals surface area (Å²) in [6, 6.07) is 14.4. The van der Waals surface area contributed by atoms with E-state index in [1.54, 1.807) is 33.7 Å². The average Bonchev–Trinajstić information content (AvgIpc) is 2.98. The Morgan fingerprint density at radius 3 is 2.42 bits per heavy atom. The number of amides is 1. The molecular formula is C19H17ClN4O2. The summed E-state index contributed by atoms with van der Waals surface area (Å²) < 4.78 is 3.02. The summed E-state index contributed by atoms with van der Waals surface area (Å²) >= 11 is 5.88. The van der Waals surface area contributed by atoms with E-state index in [0.717, 1.165) is 11.3 Å². The Morgan fingerprint density at radius 1 is 1.04 bits per heavy atom. The lowest BCUT2D eigenvalue weighted by Crippen LogP contribution is -2.40. The summed E-state index contributed by atoms with van der Waals surface area (Å²) in [5.74, 6) is 0.495. The molecule has 0 N–H and O–H groups in total. The number of halogens is 1. The van der Waals surface area contributed by atoms with Crippen molar-refractivity contribution in [2.45, 2.75) is 20.0 Å². The van der Waals surface area contributed by atoms with Crippen LogP contribution >= 0.6 is 11.6 Å². The second-order valence-electron chi connectivity index (χ2n) is 6.33. The van der Waals surface area contributed by atoms with Gasteiger partial charge in [0.05, 0.1) is 12.2 Å². The van der Waals surface area contributed by atoms with E-state index in [4.69, 9.17) is 11.6 Å². The lowest BCUT2D eigenvalue weighted by Gasteiger charge is -2.26. The van der Waals surface area contributed by atoms with Crippen LogP contribution in [0.1, 0.15) is 21.7 Å². The smallest absolute Gasteiger partial charge is 0.329 e. The van der Waals surface area contributed by atoms with Crippen LogP contribution < -0.4 is 5.69 Å². The van der Waals surface area contributed by atoms with Gasteiger partial charge in [-0.15, -0.1) is 5.10 Å². The van der Waals surface area contributed by atoms with E-state index in [0.29, 0.717) is 36.0 Å². The van der Waals surface area contributed by atoms with Gasteiger partial charge in [0.15, 0.2) is 5.82 Å². The predicted octanol–water partition coefficient (Wildman–Crippen LogP) is 2.65. The Labute approximate surface area is 155 Å². The lowest BCUT2D eigenvalue weighted by atomic mass is 10.2. The molecule has 3 aromatic rings. The molecule has 4 rings (SSSR count). The highest BCUT2D eigenvalue weighted by atomic mass is 35.5. The van der Waals surface area contributed by atoms with Crippen LogP contribution in [0, 0.1) is 6.92 Å². The summed E-state index contributed by atoms with van der Waals surface area (Å²) in [5.41, 5.74) is 2.23. The zero-order valence-corrected chi connectivity index (χ0v) is 15.0. The van der Waals surface area contributed by atoms with Crippen molar-refractivity contribution in [3.05, 3.63) is 81.0 Å². The average molecular weight is 369 g/mol. The third kappa shape index (κ3) is 2.93. The van der Waals surface area contributed by atoms with Crippen molar-refractivity contribution in [1.82, 2.24) is 19.2 Å². The maximum atomic E-state index is 12.7. The molecular weight excluding hydrogens is 352 g/mol. The maximum absolute atomic E-state index is 12.7. The Hall–Kier alpha value is -2.86. The molecule has 0 atom stereocenters. The molecule has 0 unspecified atom stereocenters. The number of aromatic nitrogens is 3. The molecule has 1 amide bonds. The largest absolute Gasteiger partial charge is 0.350 e. The third-order valence-electron chi connectivity index (χ3n) is 4.52. The fourth-order valence-corrected chi connectivity index (χ4v) is 3.18. The first-order valence-corrected chi connectivity index (χ1v) is 8.71. The highest BCUT2D eigenvalue weighted by Crippen LogP contribution is 2.16. The van der Waals surface area contributed by atoms with E-state index in [9.17, 15) is 9.59 Å². The van der Waals surface area contributed by atoms with Crippen molar-refractivity contribution in [2.24, 2.45) is 0 Å². The molecule has 0 aliphatic carbocycles. The molecule has 26 heavy (non-hydrogen) atoms. The van der Waals surface area contributed by atoms with E-state index in [2.05, 4.69) is 5.10 Å². The van der Waals surface area contributed by atoms with E-state index < -0.39 is 0 Å². The lowest BCUT2D eigenvalue weighted by molar-refractivity contribution is 0.0706. The van der Waals surface area contributed by atoms with Crippen LogP contribution in [0.2, 0.25) is 5.02 Å². The van der Waals surface area contributed by atoms with Gasteiger partial charge >= 0.3 is 5.69 Å². The molecule has 0 spiro atoms. The first-order chi connectivity index (χ1) is 12.5. The molecule has 0 fully saturated rings. The van der Waals surface area contributed by atoms with Crippen LogP contribution in [0.3, 0.4) is 0 Å². The van der Waals surface area contributed by atoms with Crippen molar-refractivity contribution in [1.29, 1.82) is 0 Å². The molecule has 0 bridgehead atoms. The minimum absolute atomic E-state index is 0.0924. The minimum atomic E-state index is -0.178. The molecule has 0 saturated heterocycles. The molecule has 1 aliphatic heterocycles. The predicted molar refractivity (Wildman–Crippen MR) is 98.8 cm³/mol. The van der Waals surface area contributed by atoms with Crippen LogP contribution in [0.4, 0.5) is 0 Å². The summed E-state index contributed by atoms with van der Waals surface area (Å²) in [7, 11) is 0. The van der Waals surface area contributed by atoms with E-state index in [1.165, 1.54) is 4.68 Å². The van der Waals surface area contributed by atoms with Crippen LogP contribution in [0.25, 0.3) is 5.69 Å². The number of carbonyl (C=O) groups is 1. The highest BCUT2D eigenvalue weighted by molar-refractivity contribution is 6.30. The van der Waals surface area contributed by atoms with Gasteiger partial charge < -0.3 is 4.90 Å². The van der Waals surface area contributed by atoms with Crippen LogP contribution in [0.15, 0.2) is 53.3 Å². The first-order valence-electron chi connectivity index (χ1n) is 8.33. The number of fused-ring (bicyclic) bond motifs is 1. The monoisotopic (exact) mass is 368 g/mol. The first kappa shape index (κ1) is 16.6. The van der Waals surface area contributed by atoms with E-state index >= 15 is 0 Å². The van der Waals surface area contributed by atoms with Gasteiger partial charge in [0.25, 0.3) is 5.91 Å². The molecule has 1 aromatic heterocycles. The SMILES string of the molecule is Cc1ccc(-n2nc3n(c2=O)CCN(C(=O)c2ccc(Cl)cc2)C3)cc1. The molecule has 2 aromatic carbocycles. The fraction of sp³-hybridized carbons (Fsp3) is 0.211. The number of rotatable bonds is 2. The topological polar surface area (TPSA) is 60.1 Å². The van der Waals surface area contributed by atoms with Gasteiger partial charge in [-0.1, -0.05) is 29.3 Å². The van der Waals surface area contributed by atoms with Gasteiger partial charge in [-0.3, -0.25) is 9.36 Å². The molecule has 6 nitrogen and oxygen atoms in total. The molecule has 7 heteroatoms. The van der Waals surface area contributed by atoms with E-state index in [-0.39, 0.29) is 11.6 Å². The molecule has 0 saturated carbocycles. The summed E-state index contributed by atoms with van der Waals surface area (Å²) in [4.78, 5) is 27.0. The van der Waals surface area contributed by atoms with Crippen molar-refractivity contribution >= 4 is 17.5 Å². The Kier molecular flexibility index (Phi) is 4.12. The van der Waals surface area contributed by atoms with Gasteiger partial charge in [-0.2, -0.15) is 4.68 Å². The van der Waals surface area contributed by atoms with Crippen LogP contribution in [-0.2, 0) is 13.1 Å². The summed E-state index contributed by atoms with van der Waals surface area (Å²) in [6.07, 6.45) is 0. The molecule has 132 valence electrons. The number of benzene rings is 2. The quantitative estimate of drug-likeness (QED) is 0.698. The maximum Gasteiger partial charge on any atom is 0.350 e. The van der Waals surface area contributed by atoms with Gasteiger partial charge in [0, 0.05) is 23.7 Å². The van der Waals surface area contributed by atoms with Crippen molar-refractivity contribution < 1.29 is 4.79 Å². The Bertz CT molecular complexity index is 1020. The number of nitrogens with zero attached hydrogens (tertiary/aromatic N) is 4. The van der Waals surface area contributed by atoms with Crippen LogP contribution in [-0.4, -0.2) is 31.7 Å². The Morgan fingerprint density at radius 2 is 1.73 bits per heavy atom. The van der Waals surface area contributed by atoms with Crippen molar-refractivity contribution in [3.8, 4) is 5.69 Å². The van der Waals surface area contributed by atoms with E-state index in [1.807, 2.05) is 31.2 Å². The number of hydrogen-bond acceptors (Lipinski definition) is 3. The zero-order valence-electron chi connectivity index (χ0n) is 14.2. The van der Waals surface area contributed by atoms with Gasteiger partial charge in [0.2, 0.25) is 0 Å². The minimum Gasteiger partial charge on any atom is -0.329 e. The number of aryl methyl sites for hydroxylation is 1. The third-order valence-corrected chi connectivity index (χ3v) is 4.77. The second-order valence-corrected chi connectivity index (χ2v) is 6.77. The Balaban J connectivity index is 1.62. The standard InChI is InChI=1S/C19H17ClN4O2/c1-13-2-8-16(9-3-13)24-19(26)23-11-10-22(12-17(23)21-24)18(25)14-4-6-15(20)7-5-14/h2-9H,10-12H2,1H3. The molecule has 1 aliphatic rings. The number of carbonyl (C=O) groups excluding carboxylic acids is 1. The fourth-order valence-electron chi connectivity index (χ4n) is 3.05. The van der Waals surface area contributed by atoms with Gasteiger partial charge in [-0.05, 0) is 43.3 Å². The zero-order chi connectivity index (χ0) is 18.3. The van der Waals surface area contributed by atoms with Gasteiger partial charge in [-0.25, -0.2) is 4.79 Å². The van der Waals surface area contributed by atoms with Gasteiger partial charge in [0.1, 0.15) is 0 Å². The normalized spacial score (nSPS) is 13.5. The number of hydrogen-bond donors (Lipinski definition) is 0.